The minimum Gasteiger partial charge on any atom is -0.367 e. The van der Waals surface area contributed by atoms with Crippen molar-refractivity contribution in [3.63, 3.8) is 0 Å². The van der Waals surface area contributed by atoms with Crippen LogP contribution in [0, 0.1) is 0 Å². The Morgan fingerprint density at radius 2 is 1.81 bits per heavy atom. The van der Waals surface area contributed by atoms with Crippen LogP contribution in [0.1, 0.15) is 25.6 Å². The zero-order valence-corrected chi connectivity index (χ0v) is 22.9. The average molecular weight is 540 g/mol. The van der Waals surface area contributed by atoms with Gasteiger partial charge in [-0.2, -0.15) is 0 Å². The highest BCUT2D eigenvalue weighted by Gasteiger charge is 2.21. The molecule has 0 bridgehead atoms. The maximum atomic E-state index is 13.0. The first kappa shape index (κ1) is 27.1. The molecule has 0 radical (unpaired) electrons. The Hall–Kier alpha value is -2.91. The zero-order chi connectivity index (χ0) is 26.2. The normalized spacial score (nSPS) is 14.1. The molecule has 0 unspecified atom stereocenters. The van der Waals surface area contributed by atoms with E-state index in [2.05, 4.69) is 39.4 Å². The first-order valence-electron chi connectivity index (χ1n) is 12.5. The molecule has 0 saturated carbocycles. The highest BCUT2D eigenvalue weighted by molar-refractivity contribution is 7.12. The third kappa shape index (κ3) is 7.79. The highest BCUT2D eigenvalue weighted by Crippen LogP contribution is 2.29. The number of nitrogens with one attached hydrogen (secondary N) is 2. The van der Waals surface area contributed by atoms with Crippen LogP contribution < -0.4 is 15.5 Å². The smallest absolute Gasteiger partial charge is 0.265 e. The summed E-state index contributed by atoms with van der Waals surface area (Å²) < 4.78 is 0. The molecule has 9 heteroatoms. The molecule has 1 aliphatic heterocycles. The summed E-state index contributed by atoms with van der Waals surface area (Å²) in [5.74, 6) is -0.340. The lowest BCUT2D eigenvalue weighted by molar-refractivity contribution is 0.0952. The van der Waals surface area contributed by atoms with Crippen LogP contribution in [-0.4, -0.2) is 81.5 Å². The number of hydrogen-bond donors (Lipinski definition) is 2. The fourth-order valence-electron chi connectivity index (χ4n) is 4.31. The summed E-state index contributed by atoms with van der Waals surface area (Å²) in [6.07, 6.45) is 0.685. The van der Waals surface area contributed by atoms with Crippen molar-refractivity contribution >= 4 is 46.1 Å². The summed E-state index contributed by atoms with van der Waals surface area (Å²) in [4.78, 5) is 33.4. The van der Waals surface area contributed by atoms with Gasteiger partial charge in [-0.15, -0.1) is 11.3 Å². The van der Waals surface area contributed by atoms with E-state index in [1.165, 1.54) is 11.3 Å². The van der Waals surface area contributed by atoms with Crippen molar-refractivity contribution in [2.45, 2.75) is 6.42 Å². The van der Waals surface area contributed by atoms with E-state index in [-0.39, 0.29) is 11.8 Å². The number of carbonyl (C=O) groups excluding carboxylic acids is 2. The number of hydrogen-bond acceptors (Lipinski definition) is 6. The third-order valence-electron chi connectivity index (χ3n) is 6.42. The van der Waals surface area contributed by atoms with Crippen molar-refractivity contribution in [3.8, 4) is 0 Å². The molecule has 7 nitrogen and oxygen atoms in total. The molecule has 0 atom stereocenters. The molecule has 1 aromatic heterocycles. The van der Waals surface area contributed by atoms with Crippen LogP contribution in [-0.2, 0) is 6.42 Å². The lowest BCUT2D eigenvalue weighted by atomic mass is 10.1. The van der Waals surface area contributed by atoms with Crippen molar-refractivity contribution in [3.05, 3.63) is 81.0 Å². The molecule has 0 aliphatic carbocycles. The van der Waals surface area contributed by atoms with Crippen LogP contribution in [0.4, 0.5) is 11.4 Å². The predicted octanol–water partition coefficient (Wildman–Crippen LogP) is 4.31. The van der Waals surface area contributed by atoms with E-state index in [0.717, 1.165) is 50.5 Å². The number of amides is 2. The van der Waals surface area contributed by atoms with Gasteiger partial charge in [-0.1, -0.05) is 29.8 Å². The zero-order valence-electron chi connectivity index (χ0n) is 21.4. The van der Waals surface area contributed by atoms with Crippen molar-refractivity contribution in [1.29, 1.82) is 0 Å². The number of halogens is 1. The standard InChI is InChI=1S/C28H34ClN5O2S/c1-32(2)12-13-33-14-16-34(17-15-33)25-9-8-22(20-24(25)31-28(36)26-7-4-18-37-26)27(35)30-11-10-21-5-3-6-23(29)19-21/h3-9,18-20H,10-17H2,1-2H3,(H,30,35)(H,31,36). The number of likely N-dealkylation sites (N-methyl/N-ethyl adjacent to an activating group) is 1. The number of piperazine rings is 1. The second kappa shape index (κ2) is 13.1. The fourth-order valence-corrected chi connectivity index (χ4v) is 5.15. The van der Waals surface area contributed by atoms with Gasteiger partial charge in [0.2, 0.25) is 0 Å². The summed E-state index contributed by atoms with van der Waals surface area (Å²) in [7, 11) is 4.18. The molecule has 2 heterocycles. The molecule has 1 fully saturated rings. The van der Waals surface area contributed by atoms with Crippen LogP contribution in [0.15, 0.2) is 60.0 Å². The summed E-state index contributed by atoms with van der Waals surface area (Å²) >= 11 is 7.46. The van der Waals surface area contributed by atoms with Gasteiger partial charge in [0, 0.05) is 56.4 Å². The van der Waals surface area contributed by atoms with Crippen molar-refractivity contribution in [2.24, 2.45) is 0 Å². The number of nitrogens with zero attached hydrogens (tertiary/aromatic N) is 3. The second-order valence-corrected chi connectivity index (χ2v) is 10.8. The van der Waals surface area contributed by atoms with Crippen molar-refractivity contribution in [2.75, 3.05) is 70.1 Å². The Bertz CT molecular complexity index is 1190. The molecule has 196 valence electrons. The second-order valence-electron chi connectivity index (χ2n) is 9.43. The van der Waals surface area contributed by atoms with Crippen molar-refractivity contribution < 1.29 is 9.59 Å². The van der Waals surface area contributed by atoms with Gasteiger partial charge in [-0.05, 0) is 67.9 Å². The topological polar surface area (TPSA) is 67.9 Å². The SMILES string of the molecule is CN(C)CCN1CCN(c2ccc(C(=O)NCCc3cccc(Cl)c3)cc2NC(=O)c2cccs2)CC1. The van der Waals surface area contributed by atoms with Gasteiger partial charge in [0.05, 0.1) is 16.3 Å². The Morgan fingerprint density at radius 3 is 2.51 bits per heavy atom. The van der Waals surface area contributed by atoms with Gasteiger partial charge in [0.1, 0.15) is 0 Å². The Balaban J connectivity index is 1.45. The Labute approximate surface area is 228 Å². The summed E-state index contributed by atoms with van der Waals surface area (Å²) in [5.41, 5.74) is 3.17. The number of thiophene rings is 1. The monoisotopic (exact) mass is 539 g/mol. The van der Waals surface area contributed by atoms with E-state index in [9.17, 15) is 9.59 Å². The third-order valence-corrected chi connectivity index (χ3v) is 7.52. The summed E-state index contributed by atoms with van der Waals surface area (Å²) in [6, 6.07) is 16.9. The van der Waals surface area contributed by atoms with E-state index >= 15 is 0 Å². The van der Waals surface area contributed by atoms with E-state index in [1.54, 1.807) is 12.1 Å². The lowest BCUT2D eigenvalue weighted by Crippen LogP contribution is -2.48. The van der Waals surface area contributed by atoms with E-state index in [4.69, 9.17) is 11.6 Å². The van der Waals surface area contributed by atoms with Gasteiger partial charge in [-0.25, -0.2) is 0 Å². The maximum absolute atomic E-state index is 13.0. The number of rotatable bonds is 10. The van der Waals surface area contributed by atoms with Gasteiger partial charge in [0.15, 0.2) is 0 Å². The number of carbonyl (C=O) groups is 2. The van der Waals surface area contributed by atoms with Crippen LogP contribution in [0.2, 0.25) is 5.02 Å². The van der Waals surface area contributed by atoms with Gasteiger partial charge in [-0.3, -0.25) is 14.5 Å². The quantitative estimate of drug-likeness (QED) is 0.402. The molecule has 2 N–H and O–H groups in total. The van der Waals surface area contributed by atoms with Gasteiger partial charge in [0.25, 0.3) is 11.8 Å². The summed E-state index contributed by atoms with van der Waals surface area (Å²) in [5, 5.41) is 8.61. The Morgan fingerprint density at radius 1 is 1.00 bits per heavy atom. The number of benzene rings is 2. The summed E-state index contributed by atoms with van der Waals surface area (Å²) in [6.45, 7) is 6.20. The molecule has 0 spiro atoms. The first-order valence-corrected chi connectivity index (χ1v) is 13.8. The molecule has 2 aromatic carbocycles. The van der Waals surface area contributed by atoms with Crippen molar-refractivity contribution in [1.82, 2.24) is 15.1 Å². The molecule has 1 aliphatic rings. The molecule has 1 saturated heterocycles. The average Bonchev–Trinajstić information content (AvgIpc) is 3.43. The first-order chi connectivity index (χ1) is 17.9. The predicted molar refractivity (Wildman–Crippen MR) is 153 cm³/mol. The molecule has 4 rings (SSSR count). The van der Waals surface area contributed by atoms with Gasteiger partial charge < -0.3 is 20.4 Å². The van der Waals surface area contributed by atoms with E-state index in [0.29, 0.717) is 34.1 Å². The van der Waals surface area contributed by atoms with E-state index in [1.807, 2.05) is 47.8 Å². The van der Waals surface area contributed by atoms with Crippen LogP contribution >= 0.6 is 22.9 Å². The lowest BCUT2D eigenvalue weighted by Gasteiger charge is -2.37. The van der Waals surface area contributed by atoms with Gasteiger partial charge >= 0.3 is 0 Å². The van der Waals surface area contributed by atoms with Crippen LogP contribution in [0.3, 0.4) is 0 Å². The van der Waals surface area contributed by atoms with Crippen LogP contribution in [0.25, 0.3) is 0 Å². The van der Waals surface area contributed by atoms with E-state index < -0.39 is 0 Å². The minimum absolute atomic E-state index is 0.167. The molecule has 3 aromatic rings. The fraction of sp³-hybridized carbons (Fsp3) is 0.357. The molecular weight excluding hydrogens is 506 g/mol. The molecular formula is C28H34ClN5O2S. The Kier molecular flexibility index (Phi) is 9.57. The minimum atomic E-state index is -0.172. The van der Waals surface area contributed by atoms with Crippen LogP contribution in [0.5, 0.6) is 0 Å². The number of anilines is 2. The molecule has 37 heavy (non-hydrogen) atoms. The maximum Gasteiger partial charge on any atom is 0.265 e. The largest absolute Gasteiger partial charge is 0.367 e. The highest BCUT2D eigenvalue weighted by atomic mass is 35.5. The molecule has 2 amide bonds.